The summed E-state index contributed by atoms with van der Waals surface area (Å²) in [5, 5.41) is 0. The van der Waals surface area contributed by atoms with E-state index in [1.54, 1.807) is 76.5 Å². The third kappa shape index (κ3) is 7.86. The maximum absolute atomic E-state index is 12.4. The van der Waals surface area contributed by atoms with Crippen molar-refractivity contribution in [3.63, 3.8) is 0 Å². The first-order chi connectivity index (χ1) is 15.0. The van der Waals surface area contributed by atoms with Crippen LogP contribution >= 0.6 is 0 Å². The Hall–Kier alpha value is -3.11. The normalized spacial score (nSPS) is 11.7. The summed E-state index contributed by atoms with van der Waals surface area (Å²) >= 11 is 0. The fourth-order valence-corrected chi connectivity index (χ4v) is 4.17. The second-order valence-electron chi connectivity index (χ2n) is 8.11. The average Bonchev–Trinajstić information content (AvgIpc) is 2.70. The van der Waals surface area contributed by atoms with Gasteiger partial charge in [0.1, 0.15) is 11.4 Å². The maximum Gasteiger partial charge on any atom is 0.344 e. The SMILES string of the molecule is CCCS(=O)(=O)c1cccc(C#Cc2cc(C=NC)ccc2OCC(=O)OC(C)(C)C)c1. The number of sulfone groups is 1. The van der Waals surface area contributed by atoms with Crippen molar-refractivity contribution in [3.05, 3.63) is 59.2 Å². The third-order valence-electron chi connectivity index (χ3n) is 4.05. The monoisotopic (exact) mass is 455 g/mol. The lowest BCUT2D eigenvalue weighted by Crippen LogP contribution is -2.27. The van der Waals surface area contributed by atoms with Crippen LogP contribution in [-0.2, 0) is 19.4 Å². The predicted octanol–water partition coefficient (Wildman–Crippen LogP) is 4.04. The molecule has 0 atom stereocenters. The molecule has 0 aliphatic carbocycles. The quantitative estimate of drug-likeness (QED) is 0.358. The van der Waals surface area contributed by atoms with E-state index in [1.165, 1.54) is 0 Å². The second-order valence-corrected chi connectivity index (χ2v) is 10.2. The Kier molecular flexibility index (Phi) is 8.62. The van der Waals surface area contributed by atoms with Crippen molar-refractivity contribution < 1.29 is 22.7 Å². The molecule has 2 rings (SSSR count). The van der Waals surface area contributed by atoms with Crippen LogP contribution in [0.1, 0.15) is 50.8 Å². The Labute approximate surface area is 190 Å². The summed E-state index contributed by atoms with van der Waals surface area (Å²) in [7, 11) is -1.67. The van der Waals surface area contributed by atoms with E-state index in [-0.39, 0.29) is 17.3 Å². The lowest BCUT2D eigenvalue weighted by Gasteiger charge is -2.19. The van der Waals surface area contributed by atoms with Crippen molar-refractivity contribution in [1.82, 2.24) is 0 Å². The van der Waals surface area contributed by atoms with Gasteiger partial charge in [-0.25, -0.2) is 13.2 Å². The molecule has 32 heavy (non-hydrogen) atoms. The van der Waals surface area contributed by atoms with Gasteiger partial charge < -0.3 is 9.47 Å². The van der Waals surface area contributed by atoms with Crippen molar-refractivity contribution in [2.24, 2.45) is 4.99 Å². The van der Waals surface area contributed by atoms with Gasteiger partial charge in [-0.2, -0.15) is 0 Å². The molecule has 0 bridgehead atoms. The highest BCUT2D eigenvalue weighted by Gasteiger charge is 2.17. The van der Waals surface area contributed by atoms with E-state index < -0.39 is 21.4 Å². The summed E-state index contributed by atoms with van der Waals surface area (Å²) in [6.45, 7) is 6.94. The molecule has 0 heterocycles. The van der Waals surface area contributed by atoms with Crippen LogP contribution in [0.5, 0.6) is 5.75 Å². The van der Waals surface area contributed by atoms with Gasteiger partial charge in [0, 0.05) is 18.8 Å². The van der Waals surface area contributed by atoms with E-state index in [0.717, 1.165) is 5.56 Å². The number of hydrogen-bond acceptors (Lipinski definition) is 6. The molecule has 0 amide bonds. The molecule has 2 aromatic carbocycles. The summed E-state index contributed by atoms with van der Waals surface area (Å²) < 4.78 is 35.6. The number of carbonyl (C=O) groups excluding carboxylic acids is 1. The van der Waals surface area contributed by atoms with Gasteiger partial charge in [0.05, 0.1) is 16.2 Å². The molecular weight excluding hydrogens is 426 g/mol. The van der Waals surface area contributed by atoms with Gasteiger partial charge in [-0.1, -0.05) is 24.8 Å². The van der Waals surface area contributed by atoms with Crippen molar-refractivity contribution in [2.45, 2.75) is 44.6 Å². The van der Waals surface area contributed by atoms with E-state index >= 15 is 0 Å². The number of aliphatic imine (C=N–C) groups is 1. The first kappa shape index (κ1) is 25.2. The van der Waals surface area contributed by atoms with Crippen LogP contribution in [0.4, 0.5) is 0 Å². The summed E-state index contributed by atoms with van der Waals surface area (Å²) in [4.78, 5) is 16.3. The minimum Gasteiger partial charge on any atom is -0.481 e. The number of benzene rings is 2. The number of hydrogen-bond donors (Lipinski definition) is 0. The van der Waals surface area contributed by atoms with Gasteiger partial charge in [0.2, 0.25) is 0 Å². The highest BCUT2D eigenvalue weighted by Crippen LogP contribution is 2.20. The first-order valence-corrected chi connectivity index (χ1v) is 11.9. The first-order valence-electron chi connectivity index (χ1n) is 10.3. The van der Waals surface area contributed by atoms with Crippen LogP contribution in [0.15, 0.2) is 52.4 Å². The zero-order chi connectivity index (χ0) is 23.8. The van der Waals surface area contributed by atoms with E-state index in [0.29, 0.717) is 23.3 Å². The number of nitrogens with zero attached hydrogens (tertiary/aromatic N) is 1. The fraction of sp³-hybridized carbons (Fsp3) is 0.360. The minimum absolute atomic E-state index is 0.0882. The summed E-state index contributed by atoms with van der Waals surface area (Å²) in [6.07, 6.45) is 2.23. The third-order valence-corrected chi connectivity index (χ3v) is 5.97. The molecule has 0 aliphatic rings. The van der Waals surface area contributed by atoms with E-state index in [4.69, 9.17) is 9.47 Å². The molecule has 170 valence electrons. The van der Waals surface area contributed by atoms with Crippen molar-refractivity contribution >= 4 is 22.0 Å². The fourth-order valence-electron chi connectivity index (χ4n) is 2.80. The lowest BCUT2D eigenvalue weighted by molar-refractivity contribution is -0.157. The Balaban J connectivity index is 2.34. The zero-order valence-electron chi connectivity index (χ0n) is 19.1. The Morgan fingerprint density at radius 2 is 1.88 bits per heavy atom. The van der Waals surface area contributed by atoms with Gasteiger partial charge in [0.25, 0.3) is 0 Å². The Bertz CT molecular complexity index is 1150. The molecule has 0 unspecified atom stereocenters. The molecule has 0 radical (unpaired) electrons. The Morgan fingerprint density at radius 1 is 1.12 bits per heavy atom. The van der Waals surface area contributed by atoms with Gasteiger partial charge in [0.15, 0.2) is 16.4 Å². The topological polar surface area (TPSA) is 82.0 Å². The summed E-state index contributed by atoms with van der Waals surface area (Å²) in [5.41, 5.74) is 1.33. The van der Waals surface area contributed by atoms with Crippen LogP contribution in [0.2, 0.25) is 0 Å². The van der Waals surface area contributed by atoms with Crippen LogP contribution in [0.3, 0.4) is 0 Å². The van der Waals surface area contributed by atoms with Crippen molar-refractivity contribution in [1.29, 1.82) is 0 Å². The highest BCUT2D eigenvalue weighted by atomic mass is 32.2. The molecule has 0 spiro atoms. The van der Waals surface area contributed by atoms with E-state index in [1.807, 2.05) is 6.92 Å². The summed E-state index contributed by atoms with van der Waals surface area (Å²) in [5.74, 6) is 6.05. The molecule has 0 aliphatic heterocycles. The van der Waals surface area contributed by atoms with Gasteiger partial charge in [-0.15, -0.1) is 0 Å². The van der Waals surface area contributed by atoms with Crippen LogP contribution in [-0.4, -0.2) is 45.6 Å². The zero-order valence-corrected chi connectivity index (χ0v) is 20.0. The molecule has 0 aromatic heterocycles. The van der Waals surface area contributed by atoms with E-state index in [2.05, 4.69) is 16.8 Å². The number of ether oxygens (including phenoxy) is 2. The van der Waals surface area contributed by atoms with Gasteiger partial charge in [-0.05, 0) is 69.2 Å². The Morgan fingerprint density at radius 3 is 2.53 bits per heavy atom. The molecule has 0 N–H and O–H groups in total. The summed E-state index contributed by atoms with van der Waals surface area (Å²) in [6, 6.07) is 11.9. The molecule has 2 aromatic rings. The molecule has 0 fully saturated rings. The number of carbonyl (C=O) groups is 1. The van der Waals surface area contributed by atoms with Crippen molar-refractivity contribution in [3.8, 4) is 17.6 Å². The van der Waals surface area contributed by atoms with Crippen LogP contribution in [0.25, 0.3) is 0 Å². The van der Waals surface area contributed by atoms with Gasteiger partial charge in [-0.3, -0.25) is 4.99 Å². The van der Waals surface area contributed by atoms with Crippen LogP contribution in [0, 0.1) is 11.8 Å². The molecule has 7 heteroatoms. The molecule has 6 nitrogen and oxygen atoms in total. The average molecular weight is 456 g/mol. The largest absolute Gasteiger partial charge is 0.481 e. The van der Waals surface area contributed by atoms with Gasteiger partial charge >= 0.3 is 5.97 Å². The number of rotatable bonds is 7. The predicted molar refractivity (Wildman–Crippen MR) is 126 cm³/mol. The lowest BCUT2D eigenvalue weighted by atomic mass is 10.1. The highest BCUT2D eigenvalue weighted by molar-refractivity contribution is 7.91. The van der Waals surface area contributed by atoms with Crippen LogP contribution < -0.4 is 4.74 Å². The molecular formula is C25H29NO5S. The van der Waals surface area contributed by atoms with Crippen molar-refractivity contribution in [2.75, 3.05) is 19.4 Å². The van der Waals surface area contributed by atoms with E-state index in [9.17, 15) is 13.2 Å². The molecule has 0 saturated heterocycles. The second kappa shape index (κ2) is 11.0. The standard InChI is InChI=1S/C25H29NO5S/c1-6-14-32(28,29)22-9-7-8-19(16-22)10-12-21-15-20(17-26-5)11-13-23(21)30-18-24(27)31-25(2,3)4/h7-9,11,13,15-17H,6,14,18H2,1-5H3. The smallest absolute Gasteiger partial charge is 0.344 e. The molecule has 0 saturated carbocycles. The maximum atomic E-state index is 12.4. The number of esters is 1. The minimum atomic E-state index is -3.33.